The van der Waals surface area contributed by atoms with Crippen LogP contribution in [0.3, 0.4) is 0 Å². The minimum Gasteiger partial charge on any atom is -0.481 e. The van der Waals surface area contributed by atoms with Gasteiger partial charge < -0.3 is 10.0 Å². The number of amides is 1. The summed E-state index contributed by atoms with van der Waals surface area (Å²) in [5.41, 5.74) is 0.408. The van der Waals surface area contributed by atoms with Crippen LogP contribution in [0.15, 0.2) is 12.3 Å². The number of aromatic nitrogens is 2. The van der Waals surface area contributed by atoms with Crippen LogP contribution < -0.4 is 0 Å². The van der Waals surface area contributed by atoms with Crippen molar-refractivity contribution in [3.63, 3.8) is 0 Å². The zero-order valence-corrected chi connectivity index (χ0v) is 13.5. The second-order valence-corrected chi connectivity index (χ2v) is 6.24. The van der Waals surface area contributed by atoms with E-state index in [0.29, 0.717) is 24.7 Å². The minimum atomic E-state index is -0.827. The number of carbonyl (C=O) groups is 2. The third kappa shape index (κ3) is 3.48. The van der Waals surface area contributed by atoms with Crippen molar-refractivity contribution in [1.82, 2.24) is 14.7 Å². The lowest BCUT2D eigenvalue weighted by molar-refractivity contribution is -0.143. The number of nitrogens with zero attached hydrogens (tertiary/aromatic N) is 3. The highest BCUT2D eigenvalue weighted by molar-refractivity contribution is 5.92. The monoisotopic (exact) mass is 307 g/mol. The summed E-state index contributed by atoms with van der Waals surface area (Å²) in [5, 5.41) is 13.6. The number of carboxylic acid groups (broad SMARTS) is 1. The Morgan fingerprint density at radius 1 is 1.36 bits per heavy atom. The summed E-state index contributed by atoms with van der Waals surface area (Å²) in [6.07, 6.45) is 4.40. The molecule has 0 aromatic carbocycles. The van der Waals surface area contributed by atoms with E-state index < -0.39 is 11.9 Å². The summed E-state index contributed by atoms with van der Waals surface area (Å²) in [6, 6.07) is 2.03. The number of rotatable bonds is 5. The van der Waals surface area contributed by atoms with Crippen molar-refractivity contribution < 1.29 is 14.7 Å². The topological polar surface area (TPSA) is 75.4 Å². The summed E-state index contributed by atoms with van der Waals surface area (Å²) < 4.78 is 1.84. The van der Waals surface area contributed by atoms with Crippen molar-refractivity contribution in [2.24, 2.45) is 11.8 Å². The molecule has 1 fully saturated rings. The maximum atomic E-state index is 12.6. The molecule has 0 spiro atoms. The lowest BCUT2D eigenvalue weighted by atomic mass is 9.90. The average molecular weight is 307 g/mol. The van der Waals surface area contributed by atoms with E-state index in [2.05, 4.69) is 18.9 Å². The van der Waals surface area contributed by atoms with Crippen LogP contribution in [0.4, 0.5) is 0 Å². The van der Waals surface area contributed by atoms with Crippen LogP contribution >= 0.6 is 0 Å². The Morgan fingerprint density at radius 3 is 2.64 bits per heavy atom. The molecule has 0 bridgehead atoms. The highest BCUT2D eigenvalue weighted by Gasteiger charge is 2.33. The Bertz CT molecular complexity index is 536. The summed E-state index contributed by atoms with van der Waals surface area (Å²) in [4.78, 5) is 25.4. The molecule has 0 radical (unpaired) electrons. The maximum absolute atomic E-state index is 12.6. The molecule has 1 N–H and O–H groups in total. The van der Waals surface area contributed by atoms with Gasteiger partial charge in [-0.25, -0.2) is 0 Å². The molecule has 1 aromatic rings. The van der Waals surface area contributed by atoms with Crippen molar-refractivity contribution >= 4 is 11.9 Å². The number of carboxylic acids is 1. The summed E-state index contributed by atoms with van der Waals surface area (Å²) in [6.45, 7) is 7.05. The lowest BCUT2D eigenvalue weighted by Crippen LogP contribution is -2.45. The highest BCUT2D eigenvalue weighted by atomic mass is 16.4. The Hall–Kier alpha value is -1.85. The zero-order chi connectivity index (χ0) is 16.3. The molecule has 0 saturated carbocycles. The van der Waals surface area contributed by atoms with Gasteiger partial charge in [0.1, 0.15) is 5.69 Å². The number of hydrogen-bond acceptors (Lipinski definition) is 3. The van der Waals surface area contributed by atoms with Crippen molar-refractivity contribution in [2.45, 2.75) is 46.1 Å². The lowest BCUT2D eigenvalue weighted by Gasteiger charge is -2.34. The molecule has 2 atom stereocenters. The molecule has 1 saturated heterocycles. The Balaban J connectivity index is 2.12. The SMILES string of the molecule is CCC(CC)n1ccc(C(=O)N2CC(C)CC(C(=O)O)C2)n1. The molecule has 2 rings (SSSR count). The number of carbonyl (C=O) groups excluding carboxylic acids is 1. The molecule has 1 aliphatic heterocycles. The molecule has 6 heteroatoms. The second kappa shape index (κ2) is 6.94. The number of hydrogen-bond donors (Lipinski definition) is 1. The first-order chi connectivity index (χ1) is 10.5. The molecular weight excluding hydrogens is 282 g/mol. The third-order valence-electron chi connectivity index (χ3n) is 4.44. The second-order valence-electron chi connectivity index (χ2n) is 6.24. The van der Waals surface area contributed by atoms with E-state index in [4.69, 9.17) is 0 Å². The summed E-state index contributed by atoms with van der Waals surface area (Å²) in [5.74, 6) is -1.27. The van der Waals surface area contributed by atoms with Crippen LogP contribution in [0.5, 0.6) is 0 Å². The van der Waals surface area contributed by atoms with Gasteiger partial charge in [0.25, 0.3) is 5.91 Å². The van der Waals surface area contributed by atoms with Gasteiger partial charge >= 0.3 is 5.97 Å². The quantitative estimate of drug-likeness (QED) is 0.906. The normalized spacial score (nSPS) is 22.1. The smallest absolute Gasteiger partial charge is 0.308 e. The van der Waals surface area contributed by atoms with Crippen molar-refractivity contribution in [3.05, 3.63) is 18.0 Å². The van der Waals surface area contributed by atoms with E-state index in [1.54, 1.807) is 11.0 Å². The molecule has 0 aliphatic carbocycles. The van der Waals surface area contributed by atoms with Gasteiger partial charge in [-0.1, -0.05) is 20.8 Å². The Kier molecular flexibility index (Phi) is 5.21. The van der Waals surface area contributed by atoms with Gasteiger partial charge in [0.15, 0.2) is 0 Å². The van der Waals surface area contributed by atoms with Gasteiger partial charge in [0.05, 0.1) is 12.0 Å². The average Bonchev–Trinajstić information content (AvgIpc) is 2.96. The fourth-order valence-corrected chi connectivity index (χ4v) is 3.18. The first kappa shape index (κ1) is 16.5. The number of aliphatic carboxylic acids is 1. The van der Waals surface area contributed by atoms with Crippen molar-refractivity contribution in [1.29, 1.82) is 0 Å². The first-order valence-corrected chi connectivity index (χ1v) is 8.03. The molecule has 122 valence electrons. The van der Waals surface area contributed by atoms with E-state index >= 15 is 0 Å². The molecule has 2 unspecified atom stereocenters. The Labute approximate surface area is 131 Å². The highest BCUT2D eigenvalue weighted by Crippen LogP contribution is 2.23. The van der Waals surface area contributed by atoms with Crippen molar-refractivity contribution in [2.75, 3.05) is 13.1 Å². The fraction of sp³-hybridized carbons (Fsp3) is 0.688. The van der Waals surface area contributed by atoms with Crippen molar-refractivity contribution in [3.8, 4) is 0 Å². The van der Waals surface area contributed by atoms with Gasteiger partial charge in [-0.2, -0.15) is 5.10 Å². The first-order valence-electron chi connectivity index (χ1n) is 8.03. The van der Waals surface area contributed by atoms with E-state index in [1.807, 2.05) is 17.8 Å². The standard InChI is InChI=1S/C16H25N3O3/c1-4-13(5-2)19-7-6-14(17-19)15(20)18-9-11(3)8-12(10-18)16(21)22/h6-7,11-13H,4-5,8-10H2,1-3H3,(H,21,22). The van der Waals surface area contributed by atoms with E-state index in [0.717, 1.165) is 12.8 Å². The number of likely N-dealkylation sites (tertiary alicyclic amines) is 1. The van der Waals surface area contributed by atoms with Crippen LogP contribution in [0.2, 0.25) is 0 Å². The zero-order valence-electron chi connectivity index (χ0n) is 13.5. The van der Waals surface area contributed by atoms with Gasteiger partial charge in [-0.3, -0.25) is 14.3 Å². The number of piperidine rings is 1. The molecule has 22 heavy (non-hydrogen) atoms. The van der Waals surface area contributed by atoms with Crippen LogP contribution in [0.1, 0.15) is 56.6 Å². The molecular formula is C16H25N3O3. The minimum absolute atomic E-state index is 0.164. The summed E-state index contributed by atoms with van der Waals surface area (Å²) >= 11 is 0. The largest absolute Gasteiger partial charge is 0.481 e. The third-order valence-corrected chi connectivity index (χ3v) is 4.44. The molecule has 6 nitrogen and oxygen atoms in total. The maximum Gasteiger partial charge on any atom is 0.308 e. The van der Waals surface area contributed by atoms with Gasteiger partial charge in [-0.15, -0.1) is 0 Å². The molecule has 1 aliphatic rings. The van der Waals surface area contributed by atoms with Gasteiger partial charge in [0, 0.05) is 19.3 Å². The van der Waals surface area contributed by atoms with E-state index in [1.165, 1.54) is 0 Å². The summed E-state index contributed by atoms with van der Waals surface area (Å²) in [7, 11) is 0. The van der Waals surface area contributed by atoms with Crippen LogP contribution in [-0.2, 0) is 4.79 Å². The van der Waals surface area contributed by atoms with Gasteiger partial charge in [-0.05, 0) is 31.2 Å². The van der Waals surface area contributed by atoms with Gasteiger partial charge in [0.2, 0.25) is 0 Å². The predicted molar refractivity (Wildman–Crippen MR) is 82.7 cm³/mol. The molecule has 1 amide bonds. The predicted octanol–water partition coefficient (Wildman–Crippen LogP) is 2.43. The van der Waals surface area contributed by atoms with Crippen LogP contribution in [0.25, 0.3) is 0 Å². The molecule has 1 aromatic heterocycles. The van der Waals surface area contributed by atoms with Crippen LogP contribution in [0, 0.1) is 11.8 Å². The van der Waals surface area contributed by atoms with E-state index in [-0.39, 0.29) is 18.4 Å². The fourth-order valence-electron chi connectivity index (χ4n) is 3.18. The Morgan fingerprint density at radius 2 is 2.05 bits per heavy atom. The van der Waals surface area contributed by atoms with E-state index in [9.17, 15) is 14.7 Å². The molecule has 2 heterocycles. The van der Waals surface area contributed by atoms with Crippen LogP contribution in [-0.4, -0.2) is 44.8 Å².